The van der Waals surface area contributed by atoms with Crippen LogP contribution in [-0.2, 0) is 0 Å². The molecule has 0 bridgehead atoms. The molecule has 0 rings (SSSR count). The molecule has 0 aromatic heterocycles. The molecule has 0 heterocycles. The van der Waals surface area contributed by atoms with E-state index in [9.17, 15) is 22.0 Å². The highest BCUT2D eigenvalue weighted by molar-refractivity contribution is 4.77. The minimum atomic E-state index is -3.01. The zero-order valence-electron chi connectivity index (χ0n) is 8.18. The topological polar surface area (TPSA) is 20.2 Å². The first-order valence-electron chi connectivity index (χ1n) is 4.81. The summed E-state index contributed by atoms with van der Waals surface area (Å²) in [7, 11) is 0. The van der Waals surface area contributed by atoms with E-state index >= 15 is 0 Å². The Bertz CT molecular complexity index is 155. The van der Waals surface area contributed by atoms with Gasteiger partial charge in [0.25, 0.3) is 0 Å². The summed E-state index contributed by atoms with van der Waals surface area (Å²) in [6, 6.07) is 0. The van der Waals surface area contributed by atoms with Crippen molar-refractivity contribution in [3.8, 4) is 0 Å². The van der Waals surface area contributed by atoms with Crippen molar-refractivity contribution in [3.63, 3.8) is 0 Å². The van der Waals surface area contributed by atoms with E-state index in [-0.39, 0.29) is 19.3 Å². The lowest BCUT2D eigenvalue weighted by Crippen LogP contribution is -2.34. The molecule has 0 amide bonds. The molecule has 0 saturated carbocycles. The fourth-order valence-electron chi connectivity index (χ4n) is 1.12. The van der Waals surface area contributed by atoms with Gasteiger partial charge in [-0.2, -0.15) is 0 Å². The van der Waals surface area contributed by atoms with Crippen molar-refractivity contribution in [1.82, 2.24) is 0 Å². The fraction of sp³-hybridized carbons (Fsp3) is 1.00. The summed E-state index contributed by atoms with van der Waals surface area (Å²) in [5.41, 5.74) is 0. The molecule has 1 nitrogen and oxygen atoms in total. The molecule has 0 spiro atoms. The van der Waals surface area contributed by atoms with Gasteiger partial charge in [0.2, 0.25) is 6.36 Å². The van der Waals surface area contributed by atoms with Crippen LogP contribution in [0.25, 0.3) is 0 Å². The molecule has 0 aromatic carbocycles. The summed E-state index contributed by atoms with van der Waals surface area (Å²) in [6.45, 7) is -0.537. The molecule has 0 fully saturated rings. The molecular weight excluding hydrogens is 219 g/mol. The van der Waals surface area contributed by atoms with Gasteiger partial charge < -0.3 is 5.11 Å². The molecule has 0 saturated heterocycles. The van der Waals surface area contributed by atoms with Crippen LogP contribution >= 0.6 is 0 Å². The van der Waals surface area contributed by atoms with Gasteiger partial charge in [-0.3, -0.25) is 4.39 Å². The first-order valence-corrected chi connectivity index (χ1v) is 4.81. The lowest BCUT2D eigenvalue weighted by Gasteiger charge is -2.17. The first-order chi connectivity index (χ1) is 7.00. The SMILES string of the molecule is OC(F)C(F)C(F)C(F)CCCCCF. The van der Waals surface area contributed by atoms with Crippen molar-refractivity contribution < 1.29 is 27.1 Å². The Hall–Kier alpha value is -0.390. The second-order valence-electron chi connectivity index (χ2n) is 3.32. The zero-order valence-corrected chi connectivity index (χ0v) is 8.18. The van der Waals surface area contributed by atoms with Crippen LogP contribution in [0.2, 0.25) is 0 Å². The summed E-state index contributed by atoms with van der Waals surface area (Å²) in [4.78, 5) is 0. The van der Waals surface area contributed by atoms with Gasteiger partial charge in [-0.05, 0) is 12.8 Å². The summed E-state index contributed by atoms with van der Waals surface area (Å²) in [5.74, 6) is 0. The van der Waals surface area contributed by atoms with Gasteiger partial charge >= 0.3 is 0 Å². The minimum absolute atomic E-state index is 0.209. The maximum atomic E-state index is 12.8. The van der Waals surface area contributed by atoms with Gasteiger partial charge in [-0.25, -0.2) is 17.6 Å². The average Bonchev–Trinajstić information content (AvgIpc) is 2.21. The third-order valence-electron chi connectivity index (χ3n) is 2.03. The predicted molar refractivity (Wildman–Crippen MR) is 46.2 cm³/mol. The van der Waals surface area contributed by atoms with Crippen molar-refractivity contribution in [2.24, 2.45) is 0 Å². The van der Waals surface area contributed by atoms with Crippen LogP contribution in [-0.4, -0.2) is 36.7 Å². The van der Waals surface area contributed by atoms with Gasteiger partial charge in [0, 0.05) is 0 Å². The molecule has 4 atom stereocenters. The Labute approximate surface area is 85.3 Å². The molecule has 15 heavy (non-hydrogen) atoms. The zero-order chi connectivity index (χ0) is 11.8. The lowest BCUT2D eigenvalue weighted by molar-refractivity contribution is -0.0734. The summed E-state index contributed by atoms with van der Waals surface area (Å²) >= 11 is 0. The number of hydrogen-bond donors (Lipinski definition) is 1. The maximum absolute atomic E-state index is 12.8. The number of aliphatic hydroxyl groups is 1. The average molecular weight is 234 g/mol. The van der Waals surface area contributed by atoms with Crippen molar-refractivity contribution in [1.29, 1.82) is 0 Å². The third kappa shape index (κ3) is 5.92. The van der Waals surface area contributed by atoms with E-state index < -0.39 is 31.5 Å². The predicted octanol–water partition coefficient (Wildman–Crippen LogP) is 2.82. The van der Waals surface area contributed by atoms with Crippen molar-refractivity contribution in [2.45, 2.75) is 50.6 Å². The molecule has 0 aliphatic carbocycles. The van der Waals surface area contributed by atoms with E-state index in [4.69, 9.17) is 5.11 Å². The standard InChI is InChI=1S/C9H15F5O/c10-5-3-1-2-4-6(11)7(12)8(13)9(14)15/h6-9,15H,1-5H2. The molecular formula is C9H15F5O. The van der Waals surface area contributed by atoms with Crippen LogP contribution in [0.5, 0.6) is 0 Å². The summed E-state index contributed by atoms with van der Waals surface area (Å²) in [5, 5.41) is 8.05. The maximum Gasteiger partial charge on any atom is 0.231 e. The Kier molecular flexibility index (Phi) is 7.64. The van der Waals surface area contributed by atoms with Gasteiger partial charge in [0.05, 0.1) is 6.67 Å². The monoisotopic (exact) mass is 234 g/mol. The molecule has 4 unspecified atom stereocenters. The number of rotatable bonds is 8. The molecule has 0 radical (unpaired) electrons. The van der Waals surface area contributed by atoms with Crippen LogP contribution in [0.15, 0.2) is 0 Å². The molecule has 0 aliphatic rings. The van der Waals surface area contributed by atoms with Crippen molar-refractivity contribution in [3.05, 3.63) is 0 Å². The molecule has 1 N–H and O–H groups in total. The second-order valence-corrected chi connectivity index (χ2v) is 3.32. The summed E-state index contributed by atoms with van der Waals surface area (Å²) < 4.78 is 61.5. The number of unbranched alkanes of at least 4 members (excludes halogenated alkanes) is 2. The first kappa shape index (κ1) is 14.6. The van der Waals surface area contributed by atoms with Gasteiger partial charge in [0.1, 0.15) is 6.17 Å². The van der Waals surface area contributed by atoms with Crippen LogP contribution in [0.4, 0.5) is 22.0 Å². The van der Waals surface area contributed by atoms with Crippen molar-refractivity contribution >= 4 is 0 Å². The number of hydrogen-bond acceptors (Lipinski definition) is 1. The number of halogens is 5. The van der Waals surface area contributed by atoms with E-state index in [2.05, 4.69) is 0 Å². The second kappa shape index (κ2) is 7.84. The van der Waals surface area contributed by atoms with Gasteiger partial charge in [-0.1, -0.05) is 12.8 Å². The van der Waals surface area contributed by atoms with E-state index in [1.54, 1.807) is 0 Å². The summed E-state index contributed by atoms with van der Waals surface area (Å²) in [6.07, 6.45) is -10.2. The normalized spacial score (nSPS) is 19.6. The van der Waals surface area contributed by atoms with E-state index in [1.807, 2.05) is 0 Å². The fourth-order valence-corrected chi connectivity index (χ4v) is 1.12. The van der Waals surface area contributed by atoms with Crippen LogP contribution in [0.3, 0.4) is 0 Å². The Morgan fingerprint density at radius 1 is 0.867 bits per heavy atom. The molecule has 6 heteroatoms. The Balaban J connectivity index is 3.73. The smallest absolute Gasteiger partial charge is 0.231 e. The van der Waals surface area contributed by atoms with Crippen LogP contribution in [0.1, 0.15) is 25.7 Å². The lowest BCUT2D eigenvalue weighted by atomic mass is 10.0. The number of alkyl halides is 5. The Morgan fingerprint density at radius 2 is 1.47 bits per heavy atom. The largest absolute Gasteiger partial charge is 0.362 e. The molecule has 0 aromatic rings. The van der Waals surface area contributed by atoms with E-state index in [1.165, 1.54) is 0 Å². The number of aliphatic hydroxyl groups excluding tert-OH is 1. The van der Waals surface area contributed by atoms with E-state index in [0.717, 1.165) is 0 Å². The van der Waals surface area contributed by atoms with Gasteiger partial charge in [0.15, 0.2) is 12.3 Å². The molecule has 0 aliphatic heterocycles. The van der Waals surface area contributed by atoms with Crippen LogP contribution < -0.4 is 0 Å². The quantitative estimate of drug-likeness (QED) is 0.505. The van der Waals surface area contributed by atoms with Crippen LogP contribution in [0, 0.1) is 0 Å². The highest BCUT2D eigenvalue weighted by atomic mass is 19.2. The van der Waals surface area contributed by atoms with Crippen molar-refractivity contribution in [2.75, 3.05) is 6.67 Å². The molecule has 92 valence electrons. The highest BCUT2D eigenvalue weighted by Crippen LogP contribution is 2.20. The van der Waals surface area contributed by atoms with E-state index in [0.29, 0.717) is 6.42 Å². The van der Waals surface area contributed by atoms with Gasteiger partial charge in [-0.15, -0.1) is 0 Å². The third-order valence-corrected chi connectivity index (χ3v) is 2.03. The highest BCUT2D eigenvalue weighted by Gasteiger charge is 2.34. The minimum Gasteiger partial charge on any atom is -0.362 e. The Morgan fingerprint density at radius 3 is 1.93 bits per heavy atom.